The Morgan fingerprint density at radius 3 is 2.33 bits per heavy atom. The Morgan fingerprint density at radius 2 is 1.72 bits per heavy atom. The molecule has 3 heteroatoms. The van der Waals surface area contributed by atoms with Gasteiger partial charge in [-0.25, -0.2) is 0 Å². The third-order valence-electron chi connectivity index (χ3n) is 2.57. The zero-order valence-electron chi connectivity index (χ0n) is 9.76. The fourth-order valence-electron chi connectivity index (χ4n) is 1.57. The van der Waals surface area contributed by atoms with Crippen LogP contribution in [0, 0.1) is 11.3 Å². The summed E-state index contributed by atoms with van der Waals surface area (Å²) in [5.74, 6) is -0.0973. The maximum atomic E-state index is 11.8. The Morgan fingerprint density at radius 1 is 1.06 bits per heavy atom. The van der Waals surface area contributed by atoms with Gasteiger partial charge in [-0.2, -0.15) is 5.26 Å². The first kappa shape index (κ1) is 11.9. The number of carbonyl (C=O) groups excluding carboxylic acids is 1. The van der Waals surface area contributed by atoms with Crippen molar-refractivity contribution in [2.75, 3.05) is 0 Å². The average molecular weight is 236 g/mol. The minimum Gasteiger partial charge on any atom is -0.348 e. The highest BCUT2D eigenvalue weighted by atomic mass is 16.1. The predicted molar refractivity (Wildman–Crippen MR) is 68.8 cm³/mol. The summed E-state index contributed by atoms with van der Waals surface area (Å²) in [6, 6.07) is 18.3. The molecule has 0 aliphatic rings. The molecule has 0 aromatic heterocycles. The van der Waals surface area contributed by atoms with Crippen LogP contribution in [0.5, 0.6) is 0 Å². The summed E-state index contributed by atoms with van der Waals surface area (Å²) in [5, 5.41) is 11.5. The molecule has 2 rings (SSSR count). The molecule has 18 heavy (non-hydrogen) atoms. The van der Waals surface area contributed by atoms with Crippen LogP contribution in [0.15, 0.2) is 54.6 Å². The Labute approximate surface area is 106 Å². The van der Waals surface area contributed by atoms with E-state index in [1.165, 1.54) is 0 Å². The van der Waals surface area contributed by atoms with Crippen molar-refractivity contribution in [1.29, 1.82) is 5.26 Å². The van der Waals surface area contributed by atoms with Gasteiger partial charge in [0.15, 0.2) is 0 Å². The van der Waals surface area contributed by atoms with Crippen molar-refractivity contribution in [2.45, 2.75) is 6.54 Å². The van der Waals surface area contributed by atoms with E-state index in [2.05, 4.69) is 11.4 Å². The second kappa shape index (κ2) is 5.65. The fraction of sp³-hybridized carbons (Fsp3) is 0.0667. The van der Waals surface area contributed by atoms with Gasteiger partial charge < -0.3 is 5.32 Å². The molecule has 0 radical (unpaired) electrons. The number of hydrogen-bond donors (Lipinski definition) is 1. The van der Waals surface area contributed by atoms with Crippen molar-refractivity contribution in [1.82, 2.24) is 5.32 Å². The average Bonchev–Trinajstić information content (AvgIpc) is 2.46. The number of amides is 1. The summed E-state index contributed by atoms with van der Waals surface area (Å²) in [4.78, 5) is 11.8. The summed E-state index contributed by atoms with van der Waals surface area (Å²) < 4.78 is 0. The normalized spacial score (nSPS) is 9.50. The predicted octanol–water partition coefficient (Wildman–Crippen LogP) is 2.49. The number of benzene rings is 2. The van der Waals surface area contributed by atoms with E-state index in [1.807, 2.05) is 30.3 Å². The highest BCUT2D eigenvalue weighted by molar-refractivity contribution is 5.94. The first-order valence-electron chi connectivity index (χ1n) is 5.62. The first-order valence-corrected chi connectivity index (χ1v) is 5.62. The minimum absolute atomic E-state index is 0.0973. The molecule has 0 spiro atoms. The van der Waals surface area contributed by atoms with Gasteiger partial charge in [-0.05, 0) is 29.8 Å². The zero-order valence-corrected chi connectivity index (χ0v) is 9.76. The quantitative estimate of drug-likeness (QED) is 0.890. The van der Waals surface area contributed by atoms with E-state index in [0.717, 1.165) is 5.56 Å². The van der Waals surface area contributed by atoms with E-state index >= 15 is 0 Å². The van der Waals surface area contributed by atoms with Crippen molar-refractivity contribution in [2.24, 2.45) is 0 Å². The summed E-state index contributed by atoms with van der Waals surface area (Å²) >= 11 is 0. The summed E-state index contributed by atoms with van der Waals surface area (Å²) in [5.41, 5.74) is 2.23. The molecule has 2 aromatic carbocycles. The van der Waals surface area contributed by atoms with Crippen LogP contribution in [-0.4, -0.2) is 5.91 Å². The number of nitrogens with zero attached hydrogens (tertiary/aromatic N) is 1. The lowest BCUT2D eigenvalue weighted by atomic mass is 10.1. The maximum absolute atomic E-state index is 11.8. The van der Waals surface area contributed by atoms with Gasteiger partial charge in [0.05, 0.1) is 11.6 Å². The molecule has 0 aliphatic carbocycles. The Kier molecular flexibility index (Phi) is 3.72. The molecule has 1 N–H and O–H groups in total. The van der Waals surface area contributed by atoms with E-state index in [-0.39, 0.29) is 5.91 Å². The molecular weight excluding hydrogens is 224 g/mol. The van der Waals surface area contributed by atoms with Gasteiger partial charge in [-0.1, -0.05) is 30.3 Å². The van der Waals surface area contributed by atoms with Crippen molar-refractivity contribution in [3.8, 4) is 6.07 Å². The second-order valence-electron chi connectivity index (χ2n) is 3.86. The van der Waals surface area contributed by atoms with Gasteiger partial charge >= 0.3 is 0 Å². The molecule has 0 heterocycles. The molecule has 3 nitrogen and oxygen atoms in total. The van der Waals surface area contributed by atoms with Crippen LogP contribution >= 0.6 is 0 Å². The SMILES string of the molecule is N#Cc1ccc(CNC(=O)c2ccccc2)cc1. The second-order valence-corrected chi connectivity index (χ2v) is 3.86. The fourth-order valence-corrected chi connectivity index (χ4v) is 1.57. The zero-order chi connectivity index (χ0) is 12.8. The van der Waals surface area contributed by atoms with Crippen molar-refractivity contribution >= 4 is 5.91 Å². The van der Waals surface area contributed by atoms with Crippen LogP contribution in [-0.2, 0) is 6.54 Å². The molecule has 0 saturated carbocycles. The van der Waals surface area contributed by atoms with Crippen LogP contribution in [0.25, 0.3) is 0 Å². The smallest absolute Gasteiger partial charge is 0.251 e. The summed E-state index contributed by atoms with van der Waals surface area (Å²) in [6.07, 6.45) is 0. The highest BCUT2D eigenvalue weighted by Gasteiger charge is 2.03. The van der Waals surface area contributed by atoms with Crippen LogP contribution < -0.4 is 5.32 Å². The van der Waals surface area contributed by atoms with Gasteiger partial charge in [-0.3, -0.25) is 4.79 Å². The van der Waals surface area contributed by atoms with E-state index in [9.17, 15) is 4.79 Å². The lowest BCUT2D eigenvalue weighted by Crippen LogP contribution is -2.22. The van der Waals surface area contributed by atoms with Crippen LogP contribution in [0.4, 0.5) is 0 Å². The molecule has 0 aliphatic heterocycles. The van der Waals surface area contributed by atoms with E-state index in [1.54, 1.807) is 24.3 Å². The number of nitriles is 1. The lowest BCUT2D eigenvalue weighted by Gasteiger charge is -2.05. The third-order valence-corrected chi connectivity index (χ3v) is 2.57. The van der Waals surface area contributed by atoms with Gasteiger partial charge in [0.25, 0.3) is 5.91 Å². The molecule has 1 amide bonds. The third kappa shape index (κ3) is 2.96. The first-order chi connectivity index (χ1) is 8.79. The molecule has 0 saturated heterocycles. The molecule has 2 aromatic rings. The molecule has 0 fully saturated rings. The number of nitrogens with one attached hydrogen (secondary N) is 1. The monoisotopic (exact) mass is 236 g/mol. The van der Waals surface area contributed by atoms with Gasteiger partial charge in [0, 0.05) is 12.1 Å². The molecule has 88 valence electrons. The molecule has 0 bridgehead atoms. The Balaban J connectivity index is 1.95. The maximum Gasteiger partial charge on any atom is 0.251 e. The Hall–Kier alpha value is -2.60. The van der Waals surface area contributed by atoms with Crippen molar-refractivity contribution in [3.05, 3.63) is 71.3 Å². The molecule has 0 atom stereocenters. The number of hydrogen-bond acceptors (Lipinski definition) is 2. The van der Waals surface area contributed by atoms with Crippen LogP contribution in [0.2, 0.25) is 0 Å². The Bertz CT molecular complexity index is 568. The summed E-state index contributed by atoms with van der Waals surface area (Å²) in [7, 11) is 0. The van der Waals surface area contributed by atoms with Gasteiger partial charge in [-0.15, -0.1) is 0 Å². The van der Waals surface area contributed by atoms with E-state index in [4.69, 9.17) is 5.26 Å². The van der Waals surface area contributed by atoms with Crippen LogP contribution in [0.3, 0.4) is 0 Å². The largest absolute Gasteiger partial charge is 0.348 e. The number of rotatable bonds is 3. The van der Waals surface area contributed by atoms with E-state index in [0.29, 0.717) is 17.7 Å². The van der Waals surface area contributed by atoms with E-state index < -0.39 is 0 Å². The molecule has 0 unspecified atom stereocenters. The molecular formula is C15H12N2O. The number of carbonyl (C=O) groups is 1. The van der Waals surface area contributed by atoms with Crippen molar-refractivity contribution in [3.63, 3.8) is 0 Å². The van der Waals surface area contributed by atoms with Crippen molar-refractivity contribution < 1.29 is 4.79 Å². The highest BCUT2D eigenvalue weighted by Crippen LogP contribution is 2.04. The summed E-state index contributed by atoms with van der Waals surface area (Å²) in [6.45, 7) is 0.458. The van der Waals surface area contributed by atoms with Crippen LogP contribution in [0.1, 0.15) is 21.5 Å². The standard InChI is InChI=1S/C15H12N2O/c16-10-12-6-8-13(9-7-12)11-17-15(18)14-4-2-1-3-5-14/h1-9H,11H2,(H,17,18). The topological polar surface area (TPSA) is 52.9 Å². The minimum atomic E-state index is -0.0973. The van der Waals surface area contributed by atoms with Gasteiger partial charge in [0.2, 0.25) is 0 Å². The lowest BCUT2D eigenvalue weighted by molar-refractivity contribution is 0.0951. The van der Waals surface area contributed by atoms with Gasteiger partial charge in [0.1, 0.15) is 0 Å².